The Morgan fingerprint density at radius 1 is 1.41 bits per heavy atom. The molecule has 2 N–H and O–H groups in total. The lowest BCUT2D eigenvalue weighted by Crippen LogP contribution is -2.33. The zero-order chi connectivity index (χ0) is 12.1. The minimum absolute atomic E-state index is 0.154. The molecule has 3 heteroatoms. The first-order valence-corrected chi connectivity index (χ1v) is 6.40. The molecule has 94 valence electrons. The van der Waals surface area contributed by atoms with Gasteiger partial charge in [-0.25, -0.2) is 0 Å². The molecule has 0 amide bonds. The summed E-state index contributed by atoms with van der Waals surface area (Å²) in [6.45, 7) is 3.81. The number of nitrogens with one attached hydrogen (secondary N) is 1. The van der Waals surface area contributed by atoms with Crippen LogP contribution in [0, 0.1) is 0 Å². The third-order valence-electron chi connectivity index (χ3n) is 3.33. The summed E-state index contributed by atoms with van der Waals surface area (Å²) >= 11 is 0. The number of aromatic hydroxyl groups is 1. The lowest BCUT2D eigenvalue weighted by Gasteiger charge is -2.25. The van der Waals surface area contributed by atoms with E-state index in [0.29, 0.717) is 11.9 Å². The van der Waals surface area contributed by atoms with E-state index >= 15 is 0 Å². The average molecular weight is 235 g/mol. The van der Waals surface area contributed by atoms with Gasteiger partial charge in [-0.15, -0.1) is 0 Å². The Balaban J connectivity index is 1.84. The molecule has 2 rings (SSSR count). The molecule has 0 bridgehead atoms. The Kier molecular flexibility index (Phi) is 4.40. The minimum atomic E-state index is 0.154. The van der Waals surface area contributed by atoms with Gasteiger partial charge < -0.3 is 15.2 Å². The summed E-state index contributed by atoms with van der Waals surface area (Å²) < 4.78 is 5.67. The van der Waals surface area contributed by atoms with E-state index in [-0.39, 0.29) is 6.04 Å². The fourth-order valence-corrected chi connectivity index (χ4v) is 2.24. The van der Waals surface area contributed by atoms with Crippen molar-refractivity contribution in [3.05, 3.63) is 29.8 Å². The van der Waals surface area contributed by atoms with Crippen LogP contribution in [0.25, 0.3) is 0 Å². The number of phenolic OH excluding ortho intramolecular Hbond substituents is 1. The standard InChI is InChI=1S/C14H21NO2/c1-11(13-7-2-3-8-14(13)16)15-10-12-6-4-5-9-17-12/h2-3,7-8,11-12,15-16H,4-6,9-10H2,1H3. The van der Waals surface area contributed by atoms with Gasteiger partial charge in [0.25, 0.3) is 0 Å². The van der Waals surface area contributed by atoms with E-state index < -0.39 is 0 Å². The number of hydrogen-bond donors (Lipinski definition) is 2. The Bertz CT molecular complexity index is 348. The maximum atomic E-state index is 9.75. The second kappa shape index (κ2) is 6.03. The van der Waals surface area contributed by atoms with Crippen LogP contribution in [0.1, 0.15) is 37.8 Å². The third kappa shape index (κ3) is 3.45. The molecule has 0 aliphatic carbocycles. The molecule has 1 aliphatic heterocycles. The molecule has 1 heterocycles. The lowest BCUT2D eigenvalue weighted by atomic mass is 10.1. The molecule has 2 unspecified atom stereocenters. The quantitative estimate of drug-likeness (QED) is 0.843. The first kappa shape index (κ1) is 12.4. The van der Waals surface area contributed by atoms with Crippen LogP contribution in [0.4, 0.5) is 0 Å². The van der Waals surface area contributed by atoms with E-state index in [4.69, 9.17) is 4.74 Å². The van der Waals surface area contributed by atoms with Gasteiger partial charge in [-0.2, -0.15) is 0 Å². The van der Waals surface area contributed by atoms with Crippen molar-refractivity contribution in [3.63, 3.8) is 0 Å². The fraction of sp³-hybridized carbons (Fsp3) is 0.571. The van der Waals surface area contributed by atoms with Gasteiger partial charge in [-0.1, -0.05) is 18.2 Å². The average Bonchev–Trinajstić information content (AvgIpc) is 2.38. The molecular formula is C14H21NO2. The highest BCUT2D eigenvalue weighted by Crippen LogP contribution is 2.23. The Morgan fingerprint density at radius 2 is 2.24 bits per heavy atom. The number of rotatable bonds is 4. The van der Waals surface area contributed by atoms with Gasteiger partial charge in [0.15, 0.2) is 0 Å². The van der Waals surface area contributed by atoms with Crippen LogP contribution in [-0.4, -0.2) is 24.4 Å². The maximum absolute atomic E-state index is 9.75. The SMILES string of the molecule is CC(NCC1CCCCO1)c1ccccc1O. The number of para-hydroxylation sites is 1. The van der Waals surface area contributed by atoms with E-state index in [1.165, 1.54) is 12.8 Å². The molecule has 0 radical (unpaired) electrons. The van der Waals surface area contributed by atoms with Gasteiger partial charge in [-0.3, -0.25) is 0 Å². The molecule has 1 aliphatic rings. The summed E-state index contributed by atoms with van der Waals surface area (Å²) in [4.78, 5) is 0. The van der Waals surface area contributed by atoms with Crippen LogP contribution in [0.2, 0.25) is 0 Å². The van der Waals surface area contributed by atoms with Crippen LogP contribution < -0.4 is 5.32 Å². The topological polar surface area (TPSA) is 41.5 Å². The normalized spacial score (nSPS) is 22.3. The molecule has 1 fully saturated rings. The summed E-state index contributed by atoms with van der Waals surface area (Å²) in [5.74, 6) is 0.358. The van der Waals surface area contributed by atoms with E-state index in [2.05, 4.69) is 12.2 Å². The fourth-order valence-electron chi connectivity index (χ4n) is 2.24. The Morgan fingerprint density at radius 3 is 2.94 bits per heavy atom. The van der Waals surface area contributed by atoms with Crippen LogP contribution in [0.15, 0.2) is 24.3 Å². The molecule has 0 spiro atoms. The summed E-state index contributed by atoms with van der Waals surface area (Å²) in [5, 5.41) is 13.2. The first-order valence-electron chi connectivity index (χ1n) is 6.40. The summed E-state index contributed by atoms with van der Waals surface area (Å²) in [6, 6.07) is 7.63. The molecule has 3 nitrogen and oxygen atoms in total. The predicted molar refractivity (Wildman–Crippen MR) is 68.1 cm³/mol. The highest BCUT2D eigenvalue weighted by Gasteiger charge is 2.16. The molecule has 17 heavy (non-hydrogen) atoms. The van der Waals surface area contributed by atoms with Crippen LogP contribution in [-0.2, 0) is 4.74 Å². The van der Waals surface area contributed by atoms with Crippen molar-refractivity contribution in [3.8, 4) is 5.75 Å². The van der Waals surface area contributed by atoms with Crippen molar-refractivity contribution in [2.75, 3.05) is 13.2 Å². The summed E-state index contributed by atoms with van der Waals surface area (Å²) in [7, 11) is 0. The molecule has 1 aromatic carbocycles. The smallest absolute Gasteiger partial charge is 0.120 e. The van der Waals surface area contributed by atoms with E-state index in [1.807, 2.05) is 18.2 Å². The highest BCUT2D eigenvalue weighted by molar-refractivity contribution is 5.34. The third-order valence-corrected chi connectivity index (χ3v) is 3.33. The van der Waals surface area contributed by atoms with Gasteiger partial charge in [-0.05, 0) is 32.3 Å². The highest BCUT2D eigenvalue weighted by atomic mass is 16.5. The molecule has 0 saturated carbocycles. The minimum Gasteiger partial charge on any atom is -0.508 e. The van der Waals surface area contributed by atoms with Crippen LogP contribution in [0.5, 0.6) is 5.75 Å². The zero-order valence-corrected chi connectivity index (χ0v) is 10.4. The second-order valence-corrected chi connectivity index (χ2v) is 4.68. The lowest BCUT2D eigenvalue weighted by molar-refractivity contribution is 0.0156. The van der Waals surface area contributed by atoms with Crippen molar-refractivity contribution in [2.24, 2.45) is 0 Å². The first-order chi connectivity index (χ1) is 8.27. The monoisotopic (exact) mass is 235 g/mol. The zero-order valence-electron chi connectivity index (χ0n) is 10.4. The second-order valence-electron chi connectivity index (χ2n) is 4.68. The van der Waals surface area contributed by atoms with E-state index in [1.54, 1.807) is 6.07 Å². The maximum Gasteiger partial charge on any atom is 0.120 e. The van der Waals surface area contributed by atoms with Gasteiger partial charge in [0, 0.05) is 24.8 Å². The van der Waals surface area contributed by atoms with Gasteiger partial charge >= 0.3 is 0 Å². The molecule has 0 aromatic heterocycles. The predicted octanol–water partition coefficient (Wildman–Crippen LogP) is 2.61. The molecule has 1 saturated heterocycles. The van der Waals surface area contributed by atoms with Gasteiger partial charge in [0.1, 0.15) is 5.75 Å². The number of ether oxygens (including phenoxy) is 1. The van der Waals surface area contributed by atoms with Crippen molar-refractivity contribution >= 4 is 0 Å². The van der Waals surface area contributed by atoms with Gasteiger partial charge in [0.05, 0.1) is 6.10 Å². The number of hydrogen-bond acceptors (Lipinski definition) is 3. The summed E-state index contributed by atoms with van der Waals surface area (Å²) in [5.41, 5.74) is 0.948. The van der Waals surface area contributed by atoms with Gasteiger partial charge in [0.2, 0.25) is 0 Å². The van der Waals surface area contributed by atoms with Crippen LogP contribution >= 0.6 is 0 Å². The summed E-state index contributed by atoms with van der Waals surface area (Å²) in [6.07, 6.45) is 3.92. The number of benzene rings is 1. The van der Waals surface area contributed by atoms with E-state index in [9.17, 15) is 5.11 Å². The Labute approximate surface area is 103 Å². The van der Waals surface area contributed by atoms with Crippen molar-refractivity contribution in [2.45, 2.75) is 38.3 Å². The molecular weight excluding hydrogens is 214 g/mol. The largest absolute Gasteiger partial charge is 0.508 e. The van der Waals surface area contributed by atoms with E-state index in [0.717, 1.165) is 25.1 Å². The molecule has 1 aromatic rings. The Hall–Kier alpha value is -1.06. The molecule has 2 atom stereocenters. The van der Waals surface area contributed by atoms with Crippen molar-refractivity contribution < 1.29 is 9.84 Å². The van der Waals surface area contributed by atoms with Crippen molar-refractivity contribution in [1.82, 2.24) is 5.32 Å². The van der Waals surface area contributed by atoms with Crippen LogP contribution in [0.3, 0.4) is 0 Å². The number of phenols is 1. The van der Waals surface area contributed by atoms with Crippen molar-refractivity contribution in [1.29, 1.82) is 0 Å².